The van der Waals surface area contributed by atoms with E-state index in [1.165, 1.54) is 120 Å². The maximum atomic E-state index is 2.54. The molecule has 0 aromatic heterocycles. The molecule has 2 aliphatic rings. The SMILES string of the molecule is C[Si]1(C)c2ccccc2N(c2ccc3c(-c4cccc5ccccc45)c4cc(N5c6ccccc6[Si](C)(C)c6ccccc65)ccc4c(-c4ccc(-c5ccc6ccccc6c5)cc4)c3c2)c2ccccc21. The Morgan fingerprint density at radius 3 is 1.24 bits per heavy atom. The Morgan fingerprint density at radius 2 is 0.681 bits per heavy atom. The molecule has 0 saturated heterocycles. The molecule has 0 N–H and O–H groups in total. The van der Waals surface area contributed by atoms with Gasteiger partial charge in [0.15, 0.2) is 0 Å². The molecule has 2 aliphatic heterocycles. The van der Waals surface area contributed by atoms with E-state index in [-0.39, 0.29) is 0 Å². The second kappa shape index (κ2) is 16.1. The molecule has 0 bridgehead atoms. The summed E-state index contributed by atoms with van der Waals surface area (Å²) in [7, 11) is -4.01. The Kier molecular flexibility index (Phi) is 9.54. The minimum absolute atomic E-state index is 1.16. The summed E-state index contributed by atoms with van der Waals surface area (Å²) in [5.74, 6) is 0. The number of rotatable bonds is 5. The molecule has 2 nitrogen and oxygen atoms in total. The average molecular weight is 953 g/mol. The van der Waals surface area contributed by atoms with Crippen LogP contribution in [-0.2, 0) is 0 Å². The molecular formula is C68H52N2Si2. The summed E-state index contributed by atoms with van der Waals surface area (Å²) in [6.45, 7) is 10.0. The molecule has 12 aromatic carbocycles. The Bertz CT molecular complexity index is 4080. The minimum atomic E-state index is -2.00. The highest BCUT2D eigenvalue weighted by Gasteiger charge is 2.40. The summed E-state index contributed by atoms with van der Waals surface area (Å²) >= 11 is 0. The van der Waals surface area contributed by atoms with Crippen molar-refractivity contribution in [2.24, 2.45) is 0 Å². The van der Waals surface area contributed by atoms with E-state index in [0.717, 1.165) is 11.4 Å². The van der Waals surface area contributed by atoms with E-state index >= 15 is 0 Å². The van der Waals surface area contributed by atoms with Crippen LogP contribution in [0.1, 0.15) is 0 Å². The van der Waals surface area contributed by atoms with E-state index in [1.54, 1.807) is 0 Å². The quantitative estimate of drug-likeness (QED) is 0.125. The van der Waals surface area contributed by atoms with Crippen LogP contribution in [0.25, 0.3) is 76.5 Å². The third-order valence-corrected chi connectivity index (χ3v) is 23.3. The van der Waals surface area contributed by atoms with Gasteiger partial charge in [0, 0.05) is 34.1 Å². The minimum Gasteiger partial charge on any atom is -0.311 e. The van der Waals surface area contributed by atoms with Crippen molar-refractivity contribution >= 4 is 114 Å². The molecule has 2 heterocycles. The second-order valence-electron chi connectivity index (χ2n) is 20.9. The summed E-state index contributed by atoms with van der Waals surface area (Å²) < 4.78 is 0. The lowest BCUT2D eigenvalue weighted by atomic mass is 9.84. The number of fused-ring (bicyclic) bond motifs is 8. The Labute approximate surface area is 423 Å². The zero-order valence-corrected chi connectivity index (χ0v) is 43.0. The van der Waals surface area contributed by atoms with E-state index in [2.05, 4.69) is 279 Å². The molecule has 0 atom stereocenters. The van der Waals surface area contributed by atoms with Crippen molar-refractivity contribution in [3.05, 3.63) is 243 Å². The topological polar surface area (TPSA) is 6.48 Å². The number of benzene rings is 12. The van der Waals surface area contributed by atoms with Gasteiger partial charge in [0.25, 0.3) is 0 Å². The van der Waals surface area contributed by atoms with Crippen molar-refractivity contribution in [3.8, 4) is 33.4 Å². The molecule has 4 heteroatoms. The molecule has 0 amide bonds. The van der Waals surface area contributed by atoms with Gasteiger partial charge in [0.1, 0.15) is 16.1 Å². The summed E-state index contributed by atoms with van der Waals surface area (Å²) in [5, 5.41) is 15.7. The van der Waals surface area contributed by atoms with Crippen LogP contribution in [-0.4, -0.2) is 16.1 Å². The number of hydrogen-bond acceptors (Lipinski definition) is 2. The first-order chi connectivity index (χ1) is 35.2. The maximum absolute atomic E-state index is 2.54. The van der Waals surface area contributed by atoms with Crippen LogP contribution < -0.4 is 30.5 Å². The van der Waals surface area contributed by atoms with Crippen LogP contribution in [0.5, 0.6) is 0 Å². The van der Waals surface area contributed by atoms with E-state index in [9.17, 15) is 0 Å². The van der Waals surface area contributed by atoms with Gasteiger partial charge >= 0.3 is 0 Å². The van der Waals surface area contributed by atoms with Gasteiger partial charge in [-0.3, -0.25) is 0 Å². The van der Waals surface area contributed by atoms with Crippen molar-refractivity contribution in [3.63, 3.8) is 0 Å². The fraction of sp³-hybridized carbons (Fsp3) is 0.0588. The van der Waals surface area contributed by atoms with Crippen molar-refractivity contribution in [2.45, 2.75) is 26.2 Å². The van der Waals surface area contributed by atoms with Gasteiger partial charge in [-0.1, -0.05) is 214 Å². The molecule has 14 rings (SSSR count). The lowest BCUT2D eigenvalue weighted by Crippen LogP contribution is -2.58. The summed E-state index contributed by atoms with van der Waals surface area (Å²) in [6, 6.07) is 91.8. The van der Waals surface area contributed by atoms with Gasteiger partial charge in [0.05, 0.1) is 0 Å². The Hall–Kier alpha value is -8.29. The molecule has 72 heavy (non-hydrogen) atoms. The molecule has 0 radical (unpaired) electrons. The van der Waals surface area contributed by atoms with Crippen molar-refractivity contribution in [1.82, 2.24) is 0 Å². The molecule has 0 unspecified atom stereocenters. The normalized spacial score (nSPS) is 14.3. The zero-order valence-electron chi connectivity index (χ0n) is 41.0. The molecule has 0 spiro atoms. The average Bonchev–Trinajstić information content (AvgIpc) is 3.43. The van der Waals surface area contributed by atoms with Crippen LogP contribution in [0.4, 0.5) is 34.1 Å². The Balaban J connectivity index is 1.08. The summed E-state index contributed by atoms with van der Waals surface area (Å²) in [5.41, 5.74) is 14.8. The molecule has 0 saturated carbocycles. The summed E-state index contributed by atoms with van der Waals surface area (Å²) in [6.07, 6.45) is 0. The summed E-state index contributed by atoms with van der Waals surface area (Å²) in [4.78, 5) is 5.08. The molecular weight excluding hydrogens is 901 g/mol. The van der Waals surface area contributed by atoms with E-state index in [1.807, 2.05) is 0 Å². The maximum Gasteiger partial charge on any atom is 0.117 e. The van der Waals surface area contributed by atoms with Gasteiger partial charge in [-0.2, -0.15) is 0 Å². The van der Waals surface area contributed by atoms with Crippen LogP contribution in [0.15, 0.2) is 243 Å². The first-order valence-corrected chi connectivity index (χ1v) is 31.3. The van der Waals surface area contributed by atoms with Gasteiger partial charge in [0.2, 0.25) is 0 Å². The third-order valence-electron chi connectivity index (χ3n) is 16.2. The first-order valence-electron chi connectivity index (χ1n) is 25.3. The predicted molar refractivity (Wildman–Crippen MR) is 316 cm³/mol. The molecule has 0 aliphatic carbocycles. The van der Waals surface area contributed by atoms with Gasteiger partial charge < -0.3 is 9.80 Å². The van der Waals surface area contributed by atoms with Crippen LogP contribution >= 0.6 is 0 Å². The fourth-order valence-electron chi connectivity index (χ4n) is 12.6. The van der Waals surface area contributed by atoms with Crippen LogP contribution in [0.2, 0.25) is 26.2 Å². The van der Waals surface area contributed by atoms with Crippen LogP contribution in [0.3, 0.4) is 0 Å². The second-order valence-corrected chi connectivity index (χ2v) is 29.5. The van der Waals surface area contributed by atoms with Gasteiger partial charge in [-0.25, -0.2) is 0 Å². The molecule has 342 valence electrons. The van der Waals surface area contributed by atoms with E-state index in [4.69, 9.17) is 0 Å². The number of nitrogens with zero attached hydrogens (tertiary/aromatic N) is 2. The van der Waals surface area contributed by atoms with E-state index in [0.29, 0.717) is 0 Å². The standard InChI is InChI=1S/C68H52N2Si2/c1-71(2)63-28-13-9-24-59(63)69(60-25-10-14-29-64(60)71)51-39-41-56-57(43-51)67(48-35-32-46(33-36-48)50-37-34-45-18-5-6-20-49(45)42-50)55-40-38-52(44-58(55)68(56)54-23-17-21-47-19-7-8-22-53(47)54)70-61-26-11-15-30-65(61)72(3,4)66-31-16-12-27-62(66)70/h5-44H,1-4H3. The van der Waals surface area contributed by atoms with E-state index < -0.39 is 16.1 Å². The van der Waals surface area contributed by atoms with Crippen molar-refractivity contribution in [2.75, 3.05) is 9.80 Å². The van der Waals surface area contributed by atoms with Crippen molar-refractivity contribution < 1.29 is 0 Å². The van der Waals surface area contributed by atoms with Gasteiger partial charge in [-0.05, 0) is 152 Å². The number of hydrogen-bond donors (Lipinski definition) is 0. The molecule has 12 aromatic rings. The zero-order chi connectivity index (χ0) is 48.3. The number of para-hydroxylation sites is 4. The lowest BCUT2D eigenvalue weighted by Gasteiger charge is -2.41. The first kappa shape index (κ1) is 42.6. The van der Waals surface area contributed by atoms with Crippen LogP contribution in [0, 0.1) is 0 Å². The number of anilines is 6. The highest BCUT2D eigenvalue weighted by molar-refractivity contribution is 7.03. The lowest BCUT2D eigenvalue weighted by molar-refractivity contribution is 1.29. The largest absolute Gasteiger partial charge is 0.311 e. The monoisotopic (exact) mass is 952 g/mol. The fourth-order valence-corrected chi connectivity index (χ4v) is 18.6. The van der Waals surface area contributed by atoms with Gasteiger partial charge in [-0.15, -0.1) is 0 Å². The highest BCUT2D eigenvalue weighted by Crippen LogP contribution is 2.50. The molecule has 0 fully saturated rings. The third kappa shape index (κ3) is 6.39. The Morgan fingerprint density at radius 1 is 0.264 bits per heavy atom. The predicted octanol–water partition coefficient (Wildman–Crippen LogP) is 16.5. The van der Waals surface area contributed by atoms with Crippen molar-refractivity contribution in [1.29, 1.82) is 0 Å². The highest BCUT2D eigenvalue weighted by atomic mass is 28.3. The smallest absolute Gasteiger partial charge is 0.117 e.